The van der Waals surface area contributed by atoms with Crippen LogP contribution in [0, 0.1) is 12.8 Å². The van der Waals surface area contributed by atoms with Crippen molar-refractivity contribution >= 4 is 17.8 Å². The molecule has 4 rings (SSSR count). The van der Waals surface area contributed by atoms with Gasteiger partial charge in [0.1, 0.15) is 5.60 Å². The number of carbonyl (C=O) groups excluding carboxylic acids is 1. The number of likely N-dealkylation sites (tertiary alicyclic amines) is 1. The molecule has 2 aliphatic rings. The maximum atomic E-state index is 12.6. The van der Waals surface area contributed by atoms with Crippen molar-refractivity contribution in [2.45, 2.75) is 37.7 Å². The molecule has 1 unspecified atom stereocenters. The third-order valence-corrected chi connectivity index (χ3v) is 5.80. The number of alkyl halides is 6. The maximum Gasteiger partial charge on any atom is 0.490 e. The predicted molar refractivity (Wildman–Crippen MR) is 123 cm³/mol. The number of hydrogen-bond acceptors (Lipinski definition) is 7. The van der Waals surface area contributed by atoms with E-state index >= 15 is 0 Å². The fourth-order valence-electron chi connectivity index (χ4n) is 3.80. The molecule has 4 heterocycles. The van der Waals surface area contributed by atoms with Crippen molar-refractivity contribution in [3.05, 3.63) is 54.0 Å². The molecular weight excluding hydrogens is 556 g/mol. The zero-order valence-corrected chi connectivity index (χ0v) is 20.9. The number of ether oxygens (including phenoxy) is 2. The number of aliphatic carboxylic acids is 2. The van der Waals surface area contributed by atoms with Crippen molar-refractivity contribution in [3.8, 4) is 5.88 Å². The van der Waals surface area contributed by atoms with Crippen LogP contribution < -0.4 is 4.74 Å². The molecule has 2 fully saturated rings. The highest BCUT2D eigenvalue weighted by Gasteiger charge is 2.54. The molecule has 2 N–H and O–H groups in total. The van der Waals surface area contributed by atoms with E-state index in [0.29, 0.717) is 37.1 Å². The van der Waals surface area contributed by atoms with Crippen LogP contribution in [0.4, 0.5) is 26.3 Å². The quantitative estimate of drug-likeness (QED) is 0.506. The molecule has 0 radical (unpaired) electrons. The van der Waals surface area contributed by atoms with Gasteiger partial charge >= 0.3 is 24.3 Å². The van der Waals surface area contributed by atoms with E-state index in [2.05, 4.69) is 9.97 Å². The summed E-state index contributed by atoms with van der Waals surface area (Å²) < 4.78 is 75.2. The van der Waals surface area contributed by atoms with Crippen LogP contribution in [0.1, 0.15) is 28.9 Å². The number of pyridine rings is 2. The molecule has 0 saturated carbocycles. The summed E-state index contributed by atoms with van der Waals surface area (Å²) in [5.41, 5.74) is 1.34. The molecule has 10 nitrogen and oxygen atoms in total. The van der Waals surface area contributed by atoms with E-state index in [0.717, 1.165) is 25.1 Å². The molecule has 40 heavy (non-hydrogen) atoms. The number of amides is 1. The molecule has 0 aromatic carbocycles. The van der Waals surface area contributed by atoms with Crippen LogP contribution in [0.25, 0.3) is 0 Å². The van der Waals surface area contributed by atoms with Crippen molar-refractivity contribution in [3.63, 3.8) is 0 Å². The van der Waals surface area contributed by atoms with Crippen LogP contribution in [-0.4, -0.2) is 87.2 Å². The summed E-state index contributed by atoms with van der Waals surface area (Å²) in [4.78, 5) is 40.6. The number of rotatable bonds is 5. The van der Waals surface area contributed by atoms with Gasteiger partial charge in [-0.25, -0.2) is 14.6 Å². The van der Waals surface area contributed by atoms with E-state index in [4.69, 9.17) is 29.3 Å². The van der Waals surface area contributed by atoms with E-state index in [1.165, 1.54) is 0 Å². The summed E-state index contributed by atoms with van der Waals surface area (Å²) in [6, 6.07) is 9.35. The Morgan fingerprint density at radius 2 is 1.62 bits per heavy atom. The molecule has 2 aromatic heterocycles. The van der Waals surface area contributed by atoms with Gasteiger partial charge in [0.05, 0.1) is 25.3 Å². The van der Waals surface area contributed by atoms with Crippen LogP contribution in [0.15, 0.2) is 42.7 Å². The minimum absolute atomic E-state index is 0.0297. The lowest BCUT2D eigenvalue weighted by Crippen LogP contribution is -2.66. The van der Waals surface area contributed by atoms with Crippen molar-refractivity contribution in [2.24, 2.45) is 5.92 Å². The smallest absolute Gasteiger partial charge is 0.478 e. The van der Waals surface area contributed by atoms with Crippen molar-refractivity contribution in [2.75, 3.05) is 26.3 Å². The molecule has 1 amide bonds. The number of nitrogens with zero attached hydrogens (tertiary/aromatic N) is 3. The third-order valence-electron chi connectivity index (χ3n) is 5.80. The zero-order chi connectivity index (χ0) is 30.1. The number of hydrogen-bond donors (Lipinski definition) is 2. The lowest BCUT2D eigenvalue weighted by molar-refractivity contribution is -0.193. The first-order valence-electron chi connectivity index (χ1n) is 11.5. The minimum Gasteiger partial charge on any atom is -0.478 e. The number of carboxylic acid groups (broad SMARTS) is 2. The molecule has 220 valence electrons. The van der Waals surface area contributed by atoms with Gasteiger partial charge < -0.3 is 24.6 Å². The summed E-state index contributed by atoms with van der Waals surface area (Å²) >= 11 is 0. The van der Waals surface area contributed by atoms with Gasteiger partial charge in [0.2, 0.25) is 5.88 Å². The monoisotopic (exact) mass is 581 g/mol. The Labute approximate surface area is 223 Å². The first-order chi connectivity index (χ1) is 18.5. The van der Waals surface area contributed by atoms with Crippen molar-refractivity contribution < 1.29 is 60.4 Å². The average Bonchev–Trinajstić information content (AvgIpc) is 3.27. The lowest BCUT2D eigenvalue weighted by atomic mass is 9.79. The summed E-state index contributed by atoms with van der Waals surface area (Å²) in [7, 11) is 0. The van der Waals surface area contributed by atoms with Gasteiger partial charge in [-0.2, -0.15) is 26.3 Å². The first kappa shape index (κ1) is 32.3. The van der Waals surface area contributed by atoms with Crippen LogP contribution in [-0.2, 0) is 14.3 Å². The molecule has 1 spiro atoms. The Hall–Kier alpha value is -3.95. The molecule has 2 saturated heterocycles. The van der Waals surface area contributed by atoms with Crippen LogP contribution in [0.3, 0.4) is 0 Å². The highest BCUT2D eigenvalue weighted by molar-refractivity contribution is 5.94. The molecule has 1 atom stereocenters. The molecule has 2 aliphatic heterocycles. The first-order valence-corrected chi connectivity index (χ1v) is 11.5. The predicted octanol–water partition coefficient (Wildman–Crippen LogP) is 3.75. The van der Waals surface area contributed by atoms with Gasteiger partial charge in [-0.1, -0.05) is 6.07 Å². The topological polar surface area (TPSA) is 139 Å². The lowest BCUT2D eigenvalue weighted by Gasteiger charge is -2.50. The summed E-state index contributed by atoms with van der Waals surface area (Å²) in [5.74, 6) is -4.42. The number of carbonyl (C=O) groups is 3. The number of carboxylic acids is 2. The zero-order valence-electron chi connectivity index (χ0n) is 20.9. The highest BCUT2D eigenvalue weighted by atomic mass is 19.4. The summed E-state index contributed by atoms with van der Waals surface area (Å²) in [6.07, 6.45) is -4.87. The second kappa shape index (κ2) is 13.4. The van der Waals surface area contributed by atoms with Gasteiger partial charge in [0, 0.05) is 30.8 Å². The Morgan fingerprint density at radius 3 is 2.10 bits per heavy atom. The van der Waals surface area contributed by atoms with E-state index in [-0.39, 0.29) is 11.5 Å². The minimum atomic E-state index is -5.08. The van der Waals surface area contributed by atoms with Crippen LogP contribution in [0.5, 0.6) is 5.88 Å². The van der Waals surface area contributed by atoms with Gasteiger partial charge in [0.25, 0.3) is 5.91 Å². The third kappa shape index (κ3) is 9.36. The second-order valence-corrected chi connectivity index (χ2v) is 8.66. The van der Waals surface area contributed by atoms with E-state index in [9.17, 15) is 31.1 Å². The molecule has 2 aromatic rings. The normalized spacial score (nSPS) is 17.5. The largest absolute Gasteiger partial charge is 0.490 e. The van der Waals surface area contributed by atoms with E-state index in [1.54, 1.807) is 12.4 Å². The Bertz CT molecular complexity index is 1110. The molecule has 0 aliphatic carbocycles. The Kier molecular flexibility index (Phi) is 10.8. The number of halogens is 6. The van der Waals surface area contributed by atoms with Crippen molar-refractivity contribution in [1.82, 2.24) is 14.9 Å². The van der Waals surface area contributed by atoms with E-state index in [1.807, 2.05) is 42.2 Å². The fraction of sp³-hybridized carbons (Fsp3) is 0.458. The summed E-state index contributed by atoms with van der Waals surface area (Å²) in [6.45, 7) is 4.57. The average molecular weight is 581 g/mol. The molecular formula is C24H25F6N3O7. The van der Waals surface area contributed by atoms with Gasteiger partial charge in [-0.3, -0.25) is 9.78 Å². The Balaban J connectivity index is 0.000000333. The second-order valence-electron chi connectivity index (χ2n) is 8.66. The maximum absolute atomic E-state index is 12.6. The van der Waals surface area contributed by atoms with Gasteiger partial charge in [-0.05, 0) is 43.9 Å². The standard InChI is InChI=1S/C20H23N3O3.2C2HF3O2/c1-15-5-6-16(12-22-15)19(24)23-13-20(14-23)17(8-11-26-20)7-10-25-18-4-2-3-9-21-18;2*3-2(4,5)1(6)7/h2-6,9,12,17H,7-8,10-11,13-14H2,1H3;2*(H,6,7). The van der Waals surface area contributed by atoms with Gasteiger partial charge in [0.15, 0.2) is 0 Å². The molecule has 16 heteroatoms. The van der Waals surface area contributed by atoms with Crippen molar-refractivity contribution in [1.29, 1.82) is 0 Å². The number of aryl methyl sites for hydroxylation is 1. The molecule has 0 bridgehead atoms. The summed E-state index contributed by atoms with van der Waals surface area (Å²) in [5, 5.41) is 14.2. The fourth-order valence-corrected chi connectivity index (χ4v) is 3.80. The van der Waals surface area contributed by atoms with Crippen LogP contribution in [0.2, 0.25) is 0 Å². The number of aromatic nitrogens is 2. The van der Waals surface area contributed by atoms with Crippen LogP contribution >= 0.6 is 0 Å². The SMILES string of the molecule is Cc1ccc(C(=O)N2CC3(C2)OCCC3CCOc2ccccn2)cn1.O=C(O)C(F)(F)F.O=C(O)C(F)(F)F. The highest BCUT2D eigenvalue weighted by Crippen LogP contribution is 2.42. The Morgan fingerprint density at radius 1 is 1.02 bits per heavy atom. The van der Waals surface area contributed by atoms with Gasteiger partial charge in [-0.15, -0.1) is 0 Å². The van der Waals surface area contributed by atoms with E-state index < -0.39 is 24.3 Å².